The normalized spacial score (nSPS) is 11.5. The Hall–Kier alpha value is -7.69. The average molecular weight is 731 g/mol. The first-order valence-electron chi connectivity index (χ1n) is 19.2. The Morgan fingerprint density at radius 2 is 0.877 bits per heavy atom. The lowest BCUT2D eigenvalue weighted by Crippen LogP contribution is -2.10. The summed E-state index contributed by atoms with van der Waals surface area (Å²) >= 11 is 0. The zero-order valence-electron chi connectivity index (χ0n) is 30.8. The molecule has 0 saturated heterocycles. The van der Waals surface area contributed by atoms with Crippen LogP contribution in [-0.2, 0) is 0 Å². The second kappa shape index (κ2) is 13.6. The number of furan rings is 1. The van der Waals surface area contributed by atoms with Crippen LogP contribution < -0.4 is 4.90 Å². The summed E-state index contributed by atoms with van der Waals surface area (Å²) in [5, 5.41) is 4.22. The molecule has 0 spiro atoms. The third-order valence-electron chi connectivity index (χ3n) is 10.9. The van der Waals surface area contributed by atoms with Crippen LogP contribution in [0.25, 0.3) is 88.6 Å². The van der Waals surface area contributed by atoms with Crippen molar-refractivity contribution in [3.63, 3.8) is 0 Å². The van der Waals surface area contributed by atoms with Gasteiger partial charge in [0.15, 0.2) is 5.58 Å². The second-order valence-corrected chi connectivity index (χ2v) is 14.4. The molecule has 0 aliphatic rings. The smallest absolute Gasteiger partial charge is 0.227 e. The summed E-state index contributed by atoms with van der Waals surface area (Å²) in [6.07, 6.45) is 0. The molecule has 4 heteroatoms. The van der Waals surface area contributed by atoms with E-state index < -0.39 is 0 Å². The number of hydrogen-bond donors (Lipinski definition) is 0. The van der Waals surface area contributed by atoms with Crippen LogP contribution in [0.1, 0.15) is 0 Å². The van der Waals surface area contributed by atoms with Crippen molar-refractivity contribution in [2.24, 2.45) is 0 Å². The van der Waals surface area contributed by atoms with Crippen molar-refractivity contribution in [2.45, 2.75) is 0 Å². The Morgan fingerprint density at radius 1 is 0.368 bits per heavy atom. The quantitative estimate of drug-likeness (QED) is 0.164. The van der Waals surface area contributed by atoms with E-state index in [0.717, 1.165) is 77.6 Å². The summed E-state index contributed by atoms with van der Waals surface area (Å²) in [5.74, 6) is 0.568. The SMILES string of the molecule is c1ccc(-c2ccc(-c3ccc(N(c4ccc(-c5ccccc5)cc4)c4cc5ccccc5c5oc6cc(-c7nc8ccccc8o7)ccc6c45)cc3)cc2)cc1. The van der Waals surface area contributed by atoms with Crippen molar-refractivity contribution in [2.75, 3.05) is 4.90 Å². The fraction of sp³-hybridized carbons (Fsp3) is 0. The van der Waals surface area contributed by atoms with E-state index in [1.54, 1.807) is 0 Å². The predicted octanol–water partition coefficient (Wildman–Crippen LogP) is 15.0. The van der Waals surface area contributed by atoms with Gasteiger partial charge in [-0.3, -0.25) is 0 Å². The number of anilines is 3. The molecular weight excluding hydrogens is 697 g/mol. The van der Waals surface area contributed by atoms with Crippen molar-refractivity contribution < 1.29 is 8.83 Å². The van der Waals surface area contributed by atoms with Crippen LogP contribution in [0.5, 0.6) is 0 Å². The molecule has 0 atom stereocenters. The molecule has 2 aromatic heterocycles. The van der Waals surface area contributed by atoms with Gasteiger partial charge in [-0.1, -0.05) is 146 Å². The Morgan fingerprint density at radius 3 is 1.49 bits per heavy atom. The van der Waals surface area contributed by atoms with Gasteiger partial charge < -0.3 is 13.7 Å². The molecule has 11 aromatic rings. The van der Waals surface area contributed by atoms with Crippen LogP contribution in [0.2, 0.25) is 0 Å². The van der Waals surface area contributed by atoms with Gasteiger partial charge in [-0.15, -0.1) is 0 Å². The van der Waals surface area contributed by atoms with Crippen molar-refractivity contribution in [3.8, 4) is 44.8 Å². The fourth-order valence-electron chi connectivity index (χ4n) is 8.04. The number of oxazole rings is 1. The summed E-state index contributed by atoms with van der Waals surface area (Å²) in [4.78, 5) is 7.13. The molecule has 0 N–H and O–H groups in total. The lowest BCUT2D eigenvalue weighted by atomic mass is 9.99. The van der Waals surface area contributed by atoms with Crippen LogP contribution in [0, 0.1) is 0 Å². The molecule has 0 aliphatic carbocycles. The molecule has 268 valence electrons. The third kappa shape index (κ3) is 5.83. The molecule has 0 unspecified atom stereocenters. The van der Waals surface area contributed by atoms with E-state index >= 15 is 0 Å². The van der Waals surface area contributed by atoms with Crippen molar-refractivity contribution in [3.05, 3.63) is 206 Å². The Bertz CT molecular complexity index is 3170. The largest absolute Gasteiger partial charge is 0.455 e. The van der Waals surface area contributed by atoms with Crippen LogP contribution in [0.4, 0.5) is 17.1 Å². The number of nitrogens with zero attached hydrogens (tertiary/aromatic N) is 2. The van der Waals surface area contributed by atoms with Crippen molar-refractivity contribution in [1.29, 1.82) is 0 Å². The molecule has 0 aliphatic heterocycles. The minimum absolute atomic E-state index is 0.568. The highest BCUT2D eigenvalue weighted by Crippen LogP contribution is 2.47. The number of rotatable bonds is 7. The molecule has 0 radical (unpaired) electrons. The van der Waals surface area contributed by atoms with E-state index in [-0.39, 0.29) is 0 Å². The van der Waals surface area contributed by atoms with Crippen molar-refractivity contribution in [1.82, 2.24) is 4.98 Å². The standard InChI is InChI=1S/C53H34N2O2/c1-3-11-35(12-4-1)37-19-21-38(22-20-37)40-25-30-44(31-26-40)55(43-28-23-39(24-29-43)36-13-5-2-6-14-36)48-33-41-15-7-8-16-45(41)52-51(48)46-32-27-42(34-50(46)56-52)53-54-47-17-9-10-18-49(47)57-53/h1-34H. The summed E-state index contributed by atoms with van der Waals surface area (Å²) in [7, 11) is 0. The van der Waals surface area contributed by atoms with Gasteiger partial charge in [-0.2, -0.15) is 0 Å². The van der Waals surface area contributed by atoms with E-state index in [9.17, 15) is 0 Å². The molecular formula is C53H34N2O2. The monoisotopic (exact) mass is 730 g/mol. The van der Waals surface area contributed by atoms with E-state index in [0.29, 0.717) is 5.89 Å². The molecule has 0 saturated carbocycles. The maximum absolute atomic E-state index is 6.86. The molecule has 0 bridgehead atoms. The first kappa shape index (κ1) is 32.7. The predicted molar refractivity (Wildman–Crippen MR) is 235 cm³/mol. The molecule has 2 heterocycles. The van der Waals surface area contributed by atoms with Crippen LogP contribution in [-0.4, -0.2) is 4.98 Å². The zero-order valence-corrected chi connectivity index (χ0v) is 30.8. The van der Waals surface area contributed by atoms with E-state index in [1.807, 2.05) is 24.3 Å². The highest BCUT2D eigenvalue weighted by Gasteiger charge is 2.23. The fourth-order valence-corrected chi connectivity index (χ4v) is 8.04. The molecule has 0 fully saturated rings. The average Bonchev–Trinajstić information content (AvgIpc) is 3.90. The number of hydrogen-bond acceptors (Lipinski definition) is 4. The minimum atomic E-state index is 0.568. The number of benzene rings is 9. The first-order chi connectivity index (χ1) is 28.2. The number of aromatic nitrogens is 1. The third-order valence-corrected chi connectivity index (χ3v) is 10.9. The number of fused-ring (bicyclic) bond motifs is 6. The van der Waals surface area contributed by atoms with Crippen molar-refractivity contribution >= 4 is 60.9 Å². The lowest BCUT2D eigenvalue weighted by Gasteiger charge is -2.27. The van der Waals surface area contributed by atoms with Gasteiger partial charge in [-0.05, 0) is 99.4 Å². The van der Waals surface area contributed by atoms with E-state index in [2.05, 4.69) is 187 Å². The van der Waals surface area contributed by atoms with Gasteiger partial charge in [0.05, 0.1) is 11.1 Å². The maximum atomic E-state index is 6.86. The Balaban J connectivity index is 1.07. The van der Waals surface area contributed by atoms with E-state index in [4.69, 9.17) is 13.8 Å². The van der Waals surface area contributed by atoms with Gasteiger partial charge >= 0.3 is 0 Å². The van der Waals surface area contributed by atoms with Gasteiger partial charge in [0.1, 0.15) is 16.7 Å². The highest BCUT2D eigenvalue weighted by molar-refractivity contribution is 6.22. The molecule has 11 rings (SSSR count). The van der Waals surface area contributed by atoms with Gasteiger partial charge in [-0.25, -0.2) is 4.98 Å². The second-order valence-electron chi connectivity index (χ2n) is 14.4. The first-order valence-corrected chi connectivity index (χ1v) is 19.2. The van der Waals surface area contributed by atoms with E-state index in [1.165, 1.54) is 22.3 Å². The summed E-state index contributed by atoms with van der Waals surface area (Å²) in [5.41, 5.74) is 14.3. The molecule has 57 heavy (non-hydrogen) atoms. The van der Waals surface area contributed by atoms with Crippen LogP contribution in [0.3, 0.4) is 0 Å². The highest BCUT2D eigenvalue weighted by atomic mass is 16.3. The minimum Gasteiger partial charge on any atom is -0.455 e. The van der Waals surface area contributed by atoms with Crippen LogP contribution >= 0.6 is 0 Å². The lowest BCUT2D eigenvalue weighted by molar-refractivity contribution is 0.619. The van der Waals surface area contributed by atoms with Crippen LogP contribution in [0.15, 0.2) is 215 Å². The summed E-state index contributed by atoms with van der Waals surface area (Å²) in [6.45, 7) is 0. The molecule has 0 amide bonds. The zero-order chi connectivity index (χ0) is 37.7. The Kier molecular flexibility index (Phi) is 7.78. The summed E-state index contributed by atoms with van der Waals surface area (Å²) < 4.78 is 13.0. The molecule has 9 aromatic carbocycles. The van der Waals surface area contributed by atoms with Gasteiger partial charge in [0.2, 0.25) is 5.89 Å². The summed E-state index contributed by atoms with van der Waals surface area (Å²) in [6, 6.07) is 72.4. The number of para-hydroxylation sites is 2. The molecule has 4 nitrogen and oxygen atoms in total. The topological polar surface area (TPSA) is 42.4 Å². The Labute approximate surface area is 329 Å². The van der Waals surface area contributed by atoms with Gasteiger partial charge in [0, 0.05) is 27.7 Å². The van der Waals surface area contributed by atoms with Gasteiger partial charge in [0.25, 0.3) is 0 Å². The maximum Gasteiger partial charge on any atom is 0.227 e.